The number of nitrogens with one attached hydrogen (secondary N) is 1. The van der Waals surface area contributed by atoms with E-state index in [0.29, 0.717) is 28.6 Å². The predicted molar refractivity (Wildman–Crippen MR) is 118 cm³/mol. The summed E-state index contributed by atoms with van der Waals surface area (Å²) in [6, 6.07) is 16.4. The van der Waals surface area contributed by atoms with Crippen molar-refractivity contribution in [2.75, 3.05) is 11.1 Å². The normalized spacial score (nSPS) is 14.2. The maximum atomic E-state index is 13.4. The highest BCUT2D eigenvalue weighted by Crippen LogP contribution is 2.34. The quantitative estimate of drug-likeness (QED) is 0.510. The maximum Gasteiger partial charge on any atom is 0.268 e. The average molecular weight is 420 g/mol. The number of hydrogen-bond acceptors (Lipinski definition) is 6. The molecule has 0 spiro atoms. The van der Waals surface area contributed by atoms with Crippen molar-refractivity contribution in [1.29, 1.82) is 0 Å². The Morgan fingerprint density at radius 1 is 1.07 bits per heavy atom. The molecule has 7 nitrogen and oxygen atoms in total. The number of nitrogens with two attached hydrogens (primary N) is 1. The van der Waals surface area contributed by atoms with Gasteiger partial charge in [0.1, 0.15) is 5.82 Å². The van der Waals surface area contributed by atoms with Crippen LogP contribution in [0.2, 0.25) is 0 Å². The van der Waals surface area contributed by atoms with E-state index in [0.717, 1.165) is 23.8 Å². The van der Waals surface area contributed by atoms with Crippen LogP contribution in [0, 0.1) is 6.92 Å². The highest BCUT2D eigenvalue weighted by molar-refractivity contribution is 7.90. The molecule has 3 N–H and O–H groups in total. The summed E-state index contributed by atoms with van der Waals surface area (Å²) >= 11 is 0. The molecular formula is C22H21N5O2S. The summed E-state index contributed by atoms with van der Waals surface area (Å²) in [5, 5.41) is 4.11. The molecule has 1 aliphatic rings. The van der Waals surface area contributed by atoms with Gasteiger partial charge in [-0.05, 0) is 38.0 Å². The summed E-state index contributed by atoms with van der Waals surface area (Å²) in [6.45, 7) is 1.92. The topological polar surface area (TPSA) is 103 Å². The third-order valence-electron chi connectivity index (χ3n) is 5.20. The summed E-state index contributed by atoms with van der Waals surface area (Å²) in [7, 11) is -3.77. The smallest absolute Gasteiger partial charge is 0.268 e. The molecule has 0 unspecified atom stereocenters. The standard InChI is InChI=1S/C22H21N5O2S/c1-14-6-10-16(11-7-14)30(28,29)27-13-18(17-4-2-3-5-20(17)27)19-12-21(24-15-8-9-15)26-22(23)25-19/h2-7,10-13,15H,8-9H2,1H3,(H3,23,24,25,26). The van der Waals surface area contributed by atoms with Gasteiger partial charge in [0.05, 0.1) is 16.1 Å². The summed E-state index contributed by atoms with van der Waals surface area (Å²) < 4.78 is 28.1. The van der Waals surface area contributed by atoms with Gasteiger partial charge in [-0.2, -0.15) is 4.98 Å². The van der Waals surface area contributed by atoms with Crippen LogP contribution in [-0.4, -0.2) is 28.4 Å². The summed E-state index contributed by atoms with van der Waals surface area (Å²) in [5.41, 5.74) is 8.80. The minimum Gasteiger partial charge on any atom is -0.368 e. The van der Waals surface area contributed by atoms with Crippen LogP contribution in [0.1, 0.15) is 18.4 Å². The zero-order valence-corrected chi connectivity index (χ0v) is 17.2. The molecule has 0 aliphatic heterocycles. The van der Waals surface area contributed by atoms with Gasteiger partial charge in [0.2, 0.25) is 5.95 Å². The van der Waals surface area contributed by atoms with Gasteiger partial charge in [-0.3, -0.25) is 0 Å². The number of nitrogens with zero attached hydrogens (tertiary/aromatic N) is 3. The van der Waals surface area contributed by atoms with Gasteiger partial charge in [0, 0.05) is 29.3 Å². The number of aryl methyl sites for hydroxylation is 1. The zero-order valence-electron chi connectivity index (χ0n) is 16.4. The van der Waals surface area contributed by atoms with Crippen molar-refractivity contribution >= 4 is 32.7 Å². The van der Waals surface area contributed by atoms with Crippen molar-refractivity contribution in [1.82, 2.24) is 13.9 Å². The van der Waals surface area contributed by atoms with Crippen molar-refractivity contribution in [2.45, 2.75) is 30.7 Å². The van der Waals surface area contributed by atoms with Crippen LogP contribution in [0.3, 0.4) is 0 Å². The third kappa shape index (κ3) is 3.29. The molecule has 2 aromatic heterocycles. The van der Waals surface area contributed by atoms with E-state index < -0.39 is 10.0 Å². The Bertz CT molecular complexity index is 1360. The van der Waals surface area contributed by atoms with E-state index in [1.807, 2.05) is 31.2 Å². The molecule has 1 aliphatic carbocycles. The van der Waals surface area contributed by atoms with Crippen LogP contribution >= 0.6 is 0 Å². The second kappa shape index (κ2) is 6.84. The second-order valence-corrected chi connectivity index (χ2v) is 9.40. The highest BCUT2D eigenvalue weighted by Gasteiger charge is 2.24. The lowest BCUT2D eigenvalue weighted by Gasteiger charge is -2.08. The molecule has 2 aromatic carbocycles. The van der Waals surface area contributed by atoms with Crippen LogP contribution in [0.25, 0.3) is 22.2 Å². The minimum absolute atomic E-state index is 0.147. The van der Waals surface area contributed by atoms with Gasteiger partial charge in [0.15, 0.2) is 0 Å². The van der Waals surface area contributed by atoms with Crippen molar-refractivity contribution in [3.63, 3.8) is 0 Å². The molecule has 0 bridgehead atoms. The monoisotopic (exact) mass is 419 g/mol. The molecule has 2 heterocycles. The van der Waals surface area contributed by atoms with Crippen molar-refractivity contribution < 1.29 is 8.42 Å². The Kier molecular flexibility index (Phi) is 4.25. The summed E-state index contributed by atoms with van der Waals surface area (Å²) in [4.78, 5) is 8.88. The molecule has 0 radical (unpaired) electrons. The number of nitrogen functional groups attached to an aromatic ring is 1. The van der Waals surface area contributed by atoms with E-state index in [2.05, 4.69) is 15.3 Å². The number of anilines is 2. The van der Waals surface area contributed by atoms with Crippen LogP contribution in [-0.2, 0) is 10.0 Å². The number of benzene rings is 2. The van der Waals surface area contributed by atoms with Crippen LogP contribution in [0.4, 0.5) is 11.8 Å². The van der Waals surface area contributed by atoms with Gasteiger partial charge >= 0.3 is 0 Å². The zero-order chi connectivity index (χ0) is 20.9. The van der Waals surface area contributed by atoms with E-state index in [-0.39, 0.29) is 10.8 Å². The van der Waals surface area contributed by atoms with Crippen LogP contribution in [0.15, 0.2) is 65.7 Å². The van der Waals surface area contributed by atoms with Crippen molar-refractivity contribution in [2.24, 2.45) is 0 Å². The Morgan fingerprint density at radius 3 is 2.53 bits per heavy atom. The third-order valence-corrected chi connectivity index (χ3v) is 6.89. The molecule has 4 aromatic rings. The van der Waals surface area contributed by atoms with Crippen LogP contribution in [0.5, 0.6) is 0 Å². The van der Waals surface area contributed by atoms with Crippen molar-refractivity contribution in [3.8, 4) is 11.3 Å². The lowest BCUT2D eigenvalue weighted by atomic mass is 10.1. The van der Waals surface area contributed by atoms with E-state index in [1.54, 1.807) is 36.5 Å². The molecule has 30 heavy (non-hydrogen) atoms. The van der Waals surface area contributed by atoms with E-state index in [9.17, 15) is 8.42 Å². The van der Waals surface area contributed by atoms with Crippen LogP contribution < -0.4 is 11.1 Å². The van der Waals surface area contributed by atoms with Crippen molar-refractivity contribution in [3.05, 3.63) is 66.4 Å². The Morgan fingerprint density at radius 2 is 1.80 bits per heavy atom. The predicted octanol–water partition coefficient (Wildman–Crippen LogP) is 3.80. The summed E-state index contributed by atoms with van der Waals surface area (Å²) in [6.07, 6.45) is 3.82. The number of hydrogen-bond donors (Lipinski definition) is 2. The number of para-hydroxylation sites is 1. The SMILES string of the molecule is Cc1ccc(S(=O)(=O)n2cc(-c3cc(NC4CC4)nc(N)n3)c3ccccc32)cc1. The fourth-order valence-electron chi connectivity index (χ4n) is 3.49. The van der Waals surface area contributed by atoms with E-state index in [4.69, 9.17) is 5.73 Å². The first-order valence-corrected chi connectivity index (χ1v) is 11.2. The molecule has 5 rings (SSSR count). The Balaban J connectivity index is 1.68. The summed E-state index contributed by atoms with van der Waals surface area (Å²) in [5.74, 6) is 0.798. The molecule has 0 amide bonds. The fourth-order valence-corrected chi connectivity index (χ4v) is 4.86. The number of aromatic nitrogens is 3. The lowest BCUT2D eigenvalue weighted by Crippen LogP contribution is -2.11. The van der Waals surface area contributed by atoms with Gasteiger partial charge in [-0.25, -0.2) is 17.4 Å². The molecule has 8 heteroatoms. The lowest BCUT2D eigenvalue weighted by molar-refractivity contribution is 0.589. The molecule has 0 saturated heterocycles. The largest absolute Gasteiger partial charge is 0.368 e. The molecule has 1 saturated carbocycles. The first-order chi connectivity index (χ1) is 14.4. The Hall–Kier alpha value is -3.39. The molecule has 0 atom stereocenters. The molecule has 152 valence electrons. The maximum absolute atomic E-state index is 13.4. The highest BCUT2D eigenvalue weighted by atomic mass is 32.2. The molecule has 1 fully saturated rings. The first-order valence-electron chi connectivity index (χ1n) is 9.75. The van der Waals surface area contributed by atoms with Gasteiger partial charge in [0.25, 0.3) is 10.0 Å². The second-order valence-electron chi connectivity index (χ2n) is 7.59. The molecular weight excluding hydrogens is 398 g/mol. The van der Waals surface area contributed by atoms with E-state index >= 15 is 0 Å². The van der Waals surface area contributed by atoms with E-state index in [1.165, 1.54) is 3.97 Å². The van der Waals surface area contributed by atoms with Gasteiger partial charge < -0.3 is 11.1 Å². The Labute approximate surface area is 174 Å². The minimum atomic E-state index is -3.77. The number of fused-ring (bicyclic) bond motifs is 1. The van der Waals surface area contributed by atoms with Gasteiger partial charge in [-0.15, -0.1) is 0 Å². The number of rotatable bonds is 5. The van der Waals surface area contributed by atoms with Gasteiger partial charge in [-0.1, -0.05) is 35.9 Å². The fraction of sp³-hybridized carbons (Fsp3) is 0.182. The average Bonchev–Trinajstić information content (AvgIpc) is 3.44. The first kappa shape index (κ1) is 18.6.